The van der Waals surface area contributed by atoms with E-state index < -0.39 is 5.82 Å². The van der Waals surface area contributed by atoms with E-state index in [2.05, 4.69) is 25.1 Å². The average molecular weight is 423 g/mol. The lowest BCUT2D eigenvalue weighted by atomic mass is 10.0. The van der Waals surface area contributed by atoms with E-state index in [9.17, 15) is 9.50 Å². The third kappa shape index (κ3) is 2.95. The first-order valence-electron chi connectivity index (χ1n) is 9.76. The van der Waals surface area contributed by atoms with Gasteiger partial charge in [0.05, 0.1) is 28.4 Å². The van der Waals surface area contributed by atoms with Gasteiger partial charge in [0.1, 0.15) is 22.8 Å². The van der Waals surface area contributed by atoms with Crippen LogP contribution in [0.25, 0.3) is 56.1 Å². The summed E-state index contributed by atoms with van der Waals surface area (Å²) in [6.45, 7) is 0. The van der Waals surface area contributed by atoms with Gasteiger partial charge in [-0.3, -0.25) is 15.1 Å². The number of H-pyrrole nitrogens is 2. The van der Waals surface area contributed by atoms with Crippen LogP contribution in [-0.4, -0.2) is 40.2 Å². The fourth-order valence-corrected chi connectivity index (χ4v) is 3.74. The number of aromatic amines is 2. The summed E-state index contributed by atoms with van der Waals surface area (Å²) in [6, 6.07) is 13.2. The van der Waals surface area contributed by atoms with E-state index in [4.69, 9.17) is 9.97 Å². The molecule has 0 spiro atoms. The Bertz CT molecular complexity index is 1590. The number of para-hydroxylation sites is 1. The van der Waals surface area contributed by atoms with Crippen molar-refractivity contribution in [3.05, 3.63) is 72.9 Å². The predicted molar refractivity (Wildman–Crippen MR) is 117 cm³/mol. The van der Waals surface area contributed by atoms with Crippen LogP contribution < -0.4 is 0 Å². The van der Waals surface area contributed by atoms with Crippen LogP contribution in [0.4, 0.5) is 4.39 Å². The van der Waals surface area contributed by atoms with Gasteiger partial charge in [-0.15, -0.1) is 0 Å². The minimum atomic E-state index is -0.521. The highest BCUT2D eigenvalue weighted by Crippen LogP contribution is 2.33. The van der Waals surface area contributed by atoms with Gasteiger partial charge in [0, 0.05) is 24.0 Å². The molecule has 6 aromatic rings. The lowest BCUT2D eigenvalue weighted by Gasteiger charge is -2.04. The Labute approximate surface area is 179 Å². The van der Waals surface area contributed by atoms with Gasteiger partial charge < -0.3 is 10.1 Å². The van der Waals surface area contributed by atoms with Crippen molar-refractivity contribution in [1.82, 2.24) is 35.1 Å². The van der Waals surface area contributed by atoms with Crippen molar-refractivity contribution in [3.8, 4) is 39.8 Å². The van der Waals surface area contributed by atoms with Crippen molar-refractivity contribution in [2.24, 2.45) is 0 Å². The maximum absolute atomic E-state index is 13.9. The van der Waals surface area contributed by atoms with Gasteiger partial charge in [-0.1, -0.05) is 12.1 Å². The summed E-state index contributed by atoms with van der Waals surface area (Å²) < 4.78 is 13.9. The van der Waals surface area contributed by atoms with E-state index in [-0.39, 0.29) is 5.75 Å². The fourth-order valence-electron chi connectivity index (χ4n) is 3.74. The number of hydrogen-bond acceptors (Lipinski definition) is 6. The largest absolute Gasteiger partial charge is 0.508 e. The third-order valence-electron chi connectivity index (χ3n) is 5.16. The van der Waals surface area contributed by atoms with Crippen LogP contribution in [0.2, 0.25) is 0 Å². The number of aromatic hydroxyl groups is 1. The van der Waals surface area contributed by atoms with Crippen LogP contribution in [0, 0.1) is 5.82 Å². The molecule has 0 aliphatic rings. The molecule has 3 N–H and O–H groups in total. The number of phenolic OH excluding ortho intramolecular Hbond substituents is 1. The van der Waals surface area contributed by atoms with E-state index in [1.807, 2.05) is 30.3 Å². The Kier molecular flexibility index (Phi) is 3.94. The van der Waals surface area contributed by atoms with Gasteiger partial charge in [-0.2, -0.15) is 5.10 Å². The highest BCUT2D eigenvalue weighted by Gasteiger charge is 2.17. The number of phenols is 1. The molecule has 32 heavy (non-hydrogen) atoms. The Morgan fingerprint density at radius 2 is 1.81 bits per heavy atom. The maximum Gasteiger partial charge on any atom is 0.161 e. The molecule has 0 saturated carbocycles. The lowest BCUT2D eigenvalue weighted by Crippen LogP contribution is -1.89. The van der Waals surface area contributed by atoms with Gasteiger partial charge in [-0.05, 0) is 35.9 Å². The second-order valence-electron chi connectivity index (χ2n) is 7.24. The van der Waals surface area contributed by atoms with Gasteiger partial charge >= 0.3 is 0 Å². The smallest absolute Gasteiger partial charge is 0.161 e. The van der Waals surface area contributed by atoms with Crippen molar-refractivity contribution in [3.63, 3.8) is 0 Å². The number of rotatable bonds is 3. The summed E-state index contributed by atoms with van der Waals surface area (Å²) in [5.41, 5.74) is 5.86. The molecule has 9 heteroatoms. The minimum absolute atomic E-state index is 0.146. The molecule has 4 aromatic heterocycles. The molecule has 6 rings (SSSR count). The number of aromatic nitrogens is 7. The molecule has 0 amide bonds. The van der Waals surface area contributed by atoms with Crippen molar-refractivity contribution in [2.75, 3.05) is 0 Å². The Hall–Kier alpha value is -4.66. The van der Waals surface area contributed by atoms with Crippen LogP contribution in [0.3, 0.4) is 0 Å². The van der Waals surface area contributed by atoms with Crippen LogP contribution >= 0.6 is 0 Å². The molecule has 0 bridgehead atoms. The van der Waals surface area contributed by atoms with Crippen LogP contribution in [-0.2, 0) is 0 Å². The fraction of sp³-hybridized carbons (Fsp3) is 0. The normalized spacial score (nSPS) is 11.4. The first-order chi connectivity index (χ1) is 15.7. The molecule has 4 heterocycles. The molecular formula is C23H14FN7O. The first-order valence-corrected chi connectivity index (χ1v) is 9.76. The summed E-state index contributed by atoms with van der Waals surface area (Å²) in [4.78, 5) is 21.1. The second-order valence-corrected chi connectivity index (χ2v) is 7.24. The van der Waals surface area contributed by atoms with Crippen LogP contribution in [0.1, 0.15) is 0 Å². The zero-order valence-electron chi connectivity index (χ0n) is 16.4. The van der Waals surface area contributed by atoms with E-state index in [0.29, 0.717) is 45.1 Å². The molecule has 0 aliphatic carbocycles. The number of benzene rings is 2. The minimum Gasteiger partial charge on any atom is -0.508 e. The standard InChI is InChI=1S/C23H14FN7O/c24-13-8-12(9-14(32)10-13)15-2-1-3-17-20(15)29-23(28-17)22-21-18(30-31-22)5-4-16(27-21)19-11-25-6-7-26-19/h1-11,32H,(H,28,29)(H,30,31). The average Bonchev–Trinajstić information content (AvgIpc) is 3.42. The van der Waals surface area contributed by atoms with Crippen LogP contribution in [0.5, 0.6) is 5.75 Å². The maximum atomic E-state index is 13.9. The third-order valence-corrected chi connectivity index (χ3v) is 5.16. The van der Waals surface area contributed by atoms with E-state index >= 15 is 0 Å². The second kappa shape index (κ2) is 6.95. The summed E-state index contributed by atoms with van der Waals surface area (Å²) in [5, 5.41) is 17.2. The summed E-state index contributed by atoms with van der Waals surface area (Å²) in [6.07, 6.45) is 4.87. The number of nitrogens with one attached hydrogen (secondary N) is 2. The molecular weight excluding hydrogens is 409 g/mol. The van der Waals surface area contributed by atoms with Gasteiger partial charge in [0.15, 0.2) is 11.5 Å². The molecule has 0 radical (unpaired) electrons. The lowest BCUT2D eigenvalue weighted by molar-refractivity contribution is 0.469. The summed E-state index contributed by atoms with van der Waals surface area (Å²) >= 11 is 0. The monoisotopic (exact) mass is 423 g/mol. The summed E-state index contributed by atoms with van der Waals surface area (Å²) in [7, 11) is 0. The van der Waals surface area contributed by atoms with Gasteiger partial charge in [0.25, 0.3) is 0 Å². The van der Waals surface area contributed by atoms with Crippen molar-refractivity contribution < 1.29 is 9.50 Å². The Morgan fingerprint density at radius 1 is 0.875 bits per heavy atom. The molecule has 0 aliphatic heterocycles. The number of fused-ring (bicyclic) bond motifs is 2. The number of hydrogen-bond donors (Lipinski definition) is 3. The van der Waals surface area contributed by atoms with E-state index in [0.717, 1.165) is 17.1 Å². The van der Waals surface area contributed by atoms with Gasteiger partial charge in [0.2, 0.25) is 0 Å². The number of halogens is 1. The molecule has 2 aromatic carbocycles. The number of imidazole rings is 1. The van der Waals surface area contributed by atoms with Crippen molar-refractivity contribution in [2.45, 2.75) is 0 Å². The van der Waals surface area contributed by atoms with Gasteiger partial charge in [-0.25, -0.2) is 14.4 Å². The Morgan fingerprint density at radius 3 is 2.66 bits per heavy atom. The van der Waals surface area contributed by atoms with Crippen molar-refractivity contribution in [1.29, 1.82) is 0 Å². The zero-order valence-corrected chi connectivity index (χ0v) is 16.4. The number of pyridine rings is 1. The van der Waals surface area contributed by atoms with E-state index in [1.165, 1.54) is 12.1 Å². The molecule has 8 nitrogen and oxygen atoms in total. The number of nitrogens with zero attached hydrogens (tertiary/aromatic N) is 5. The highest BCUT2D eigenvalue weighted by atomic mass is 19.1. The Balaban J connectivity index is 1.52. The molecule has 0 fully saturated rings. The quantitative estimate of drug-likeness (QED) is 0.387. The topological polar surface area (TPSA) is 116 Å². The molecule has 0 saturated heterocycles. The van der Waals surface area contributed by atoms with Crippen LogP contribution in [0.15, 0.2) is 67.1 Å². The SMILES string of the molecule is Oc1cc(F)cc(-c2cccc3[nH]c(-c4n[nH]c5ccc(-c6cnccn6)nc45)nc23)c1. The van der Waals surface area contributed by atoms with Crippen molar-refractivity contribution >= 4 is 22.1 Å². The molecule has 154 valence electrons. The first kappa shape index (κ1) is 18.1. The van der Waals surface area contributed by atoms with E-state index in [1.54, 1.807) is 18.6 Å². The summed E-state index contributed by atoms with van der Waals surface area (Å²) in [5.74, 6) is -0.151. The predicted octanol–water partition coefficient (Wildman–Crippen LogP) is 4.47. The zero-order chi connectivity index (χ0) is 21.7. The highest BCUT2D eigenvalue weighted by molar-refractivity contribution is 5.96. The molecule has 0 unspecified atom stereocenters. The molecule has 0 atom stereocenters.